The molecule has 26 heavy (non-hydrogen) atoms. The zero-order valence-corrected chi connectivity index (χ0v) is 15.4. The van der Waals surface area contributed by atoms with Gasteiger partial charge in [-0.2, -0.15) is 0 Å². The zero-order chi connectivity index (χ0) is 17.5. The minimum Gasteiger partial charge on any atom is -0.135 e. The molecule has 124 valence electrons. The van der Waals surface area contributed by atoms with Gasteiger partial charge in [0.2, 0.25) is 0 Å². The summed E-state index contributed by atoms with van der Waals surface area (Å²) in [6.45, 7) is 2.19. The van der Waals surface area contributed by atoms with Gasteiger partial charge in [0.25, 0.3) is 0 Å². The number of benzene rings is 4. The van der Waals surface area contributed by atoms with E-state index in [0.29, 0.717) is 0 Å². The largest absolute Gasteiger partial charge is 0.135 e. The third-order valence-electron chi connectivity index (χ3n) is 5.05. The first-order valence-electron chi connectivity index (χ1n) is 8.88. The van der Waals surface area contributed by atoms with Crippen molar-refractivity contribution in [3.8, 4) is 22.3 Å². The third-order valence-corrected chi connectivity index (χ3v) is 6.25. The molecule has 0 aliphatic rings. The third kappa shape index (κ3) is 2.36. The highest BCUT2D eigenvalue weighted by atomic mass is 32.1. The maximum absolute atomic E-state index is 2.29. The SMILES string of the molecule is Cc1ccccc1-c1ccc(-c2ccccc2)c2c1sc1ccccc12. The molecule has 1 aromatic heterocycles. The number of thiophene rings is 1. The second-order valence-corrected chi connectivity index (χ2v) is 7.70. The van der Waals surface area contributed by atoms with Crippen molar-refractivity contribution < 1.29 is 0 Å². The molecule has 0 nitrogen and oxygen atoms in total. The number of hydrogen-bond donors (Lipinski definition) is 0. The summed E-state index contributed by atoms with van der Waals surface area (Å²) in [5.74, 6) is 0. The number of rotatable bonds is 2. The molecule has 1 heterocycles. The first-order chi connectivity index (χ1) is 12.8. The van der Waals surface area contributed by atoms with Gasteiger partial charge in [0.1, 0.15) is 0 Å². The standard InChI is InChI=1S/C25H18S/c1-17-9-5-6-12-19(17)21-16-15-20(18-10-3-2-4-11-18)24-22-13-7-8-14-23(22)26-25(21)24/h2-16H,1H3. The van der Waals surface area contributed by atoms with E-state index >= 15 is 0 Å². The Kier molecular flexibility index (Phi) is 3.62. The molecule has 0 saturated heterocycles. The Morgan fingerprint density at radius 2 is 1.27 bits per heavy atom. The molecule has 0 atom stereocenters. The predicted molar refractivity (Wildman–Crippen MR) is 115 cm³/mol. The summed E-state index contributed by atoms with van der Waals surface area (Å²) >= 11 is 1.90. The molecular weight excluding hydrogens is 332 g/mol. The van der Waals surface area contributed by atoms with Crippen molar-refractivity contribution in [2.75, 3.05) is 0 Å². The van der Waals surface area contributed by atoms with Crippen LogP contribution in [-0.2, 0) is 0 Å². The molecule has 5 rings (SSSR count). The first kappa shape index (κ1) is 15.4. The van der Waals surface area contributed by atoms with Crippen LogP contribution in [0.5, 0.6) is 0 Å². The molecule has 0 spiro atoms. The lowest BCUT2D eigenvalue weighted by molar-refractivity contribution is 1.47. The maximum Gasteiger partial charge on any atom is 0.0440 e. The Bertz CT molecular complexity index is 1230. The summed E-state index contributed by atoms with van der Waals surface area (Å²) in [6.07, 6.45) is 0. The van der Waals surface area contributed by atoms with Crippen molar-refractivity contribution in [3.63, 3.8) is 0 Å². The van der Waals surface area contributed by atoms with Gasteiger partial charge in [0.05, 0.1) is 0 Å². The second-order valence-electron chi connectivity index (χ2n) is 6.64. The monoisotopic (exact) mass is 350 g/mol. The van der Waals surface area contributed by atoms with E-state index in [1.165, 1.54) is 48.0 Å². The van der Waals surface area contributed by atoms with Crippen LogP contribution in [0.25, 0.3) is 42.4 Å². The molecular formula is C25H18S. The lowest BCUT2D eigenvalue weighted by atomic mass is 9.93. The summed E-state index contributed by atoms with van der Waals surface area (Å²) in [6, 6.07) is 32.7. The molecule has 0 aliphatic carbocycles. The minimum absolute atomic E-state index is 1.28. The quantitative estimate of drug-likeness (QED) is 0.306. The molecule has 1 heteroatoms. The highest BCUT2D eigenvalue weighted by Gasteiger charge is 2.15. The van der Waals surface area contributed by atoms with E-state index in [-0.39, 0.29) is 0 Å². The molecule has 5 aromatic rings. The molecule has 0 fully saturated rings. The Labute approximate surface area is 157 Å². The van der Waals surface area contributed by atoms with Crippen LogP contribution in [0, 0.1) is 6.92 Å². The Morgan fingerprint density at radius 1 is 0.577 bits per heavy atom. The van der Waals surface area contributed by atoms with Crippen LogP contribution < -0.4 is 0 Å². The van der Waals surface area contributed by atoms with E-state index in [1.807, 2.05) is 11.3 Å². The summed E-state index contributed by atoms with van der Waals surface area (Å²) in [4.78, 5) is 0. The van der Waals surface area contributed by atoms with Crippen molar-refractivity contribution >= 4 is 31.5 Å². The fourth-order valence-corrected chi connectivity index (χ4v) is 5.03. The van der Waals surface area contributed by atoms with E-state index in [2.05, 4.69) is 97.9 Å². The average Bonchev–Trinajstić information content (AvgIpc) is 3.08. The van der Waals surface area contributed by atoms with Crippen LogP contribution in [0.2, 0.25) is 0 Å². The fourth-order valence-electron chi connectivity index (χ4n) is 3.77. The van der Waals surface area contributed by atoms with Gasteiger partial charge in [0.15, 0.2) is 0 Å². The Morgan fingerprint density at radius 3 is 2.12 bits per heavy atom. The predicted octanol–water partition coefficient (Wildman–Crippen LogP) is 7.70. The van der Waals surface area contributed by atoms with Crippen LogP contribution in [0.15, 0.2) is 91.0 Å². The lowest BCUT2D eigenvalue weighted by Gasteiger charge is -2.11. The van der Waals surface area contributed by atoms with E-state index in [9.17, 15) is 0 Å². The van der Waals surface area contributed by atoms with Gasteiger partial charge in [-0.25, -0.2) is 0 Å². The van der Waals surface area contributed by atoms with Crippen LogP contribution in [0.3, 0.4) is 0 Å². The summed E-state index contributed by atoms with van der Waals surface area (Å²) in [7, 11) is 0. The second kappa shape index (κ2) is 6.12. The van der Waals surface area contributed by atoms with Gasteiger partial charge in [-0.15, -0.1) is 11.3 Å². The van der Waals surface area contributed by atoms with Crippen molar-refractivity contribution in [1.29, 1.82) is 0 Å². The van der Waals surface area contributed by atoms with E-state index in [1.54, 1.807) is 0 Å². The Balaban J connectivity index is 1.93. The molecule has 0 N–H and O–H groups in total. The fraction of sp³-hybridized carbons (Fsp3) is 0.0400. The van der Waals surface area contributed by atoms with Gasteiger partial charge in [0, 0.05) is 20.2 Å². The molecule has 0 amide bonds. The molecule has 0 aliphatic heterocycles. The molecule has 4 aromatic carbocycles. The van der Waals surface area contributed by atoms with Crippen LogP contribution in [-0.4, -0.2) is 0 Å². The van der Waals surface area contributed by atoms with Gasteiger partial charge in [-0.3, -0.25) is 0 Å². The van der Waals surface area contributed by atoms with Crippen LogP contribution >= 0.6 is 11.3 Å². The van der Waals surface area contributed by atoms with E-state index < -0.39 is 0 Å². The van der Waals surface area contributed by atoms with Crippen LogP contribution in [0.1, 0.15) is 5.56 Å². The average molecular weight is 350 g/mol. The molecule has 0 saturated carbocycles. The smallest absolute Gasteiger partial charge is 0.0440 e. The molecule has 0 radical (unpaired) electrons. The van der Waals surface area contributed by atoms with Gasteiger partial charge in [-0.1, -0.05) is 84.9 Å². The number of aryl methyl sites for hydroxylation is 1. The zero-order valence-electron chi connectivity index (χ0n) is 14.6. The summed E-state index contributed by atoms with van der Waals surface area (Å²) < 4.78 is 2.72. The number of hydrogen-bond acceptors (Lipinski definition) is 1. The first-order valence-corrected chi connectivity index (χ1v) is 9.70. The van der Waals surface area contributed by atoms with Crippen LogP contribution in [0.4, 0.5) is 0 Å². The van der Waals surface area contributed by atoms with Gasteiger partial charge in [-0.05, 0) is 40.8 Å². The molecule has 0 unspecified atom stereocenters. The van der Waals surface area contributed by atoms with E-state index in [4.69, 9.17) is 0 Å². The van der Waals surface area contributed by atoms with Crippen molar-refractivity contribution in [3.05, 3.63) is 96.6 Å². The van der Waals surface area contributed by atoms with Crippen molar-refractivity contribution in [1.82, 2.24) is 0 Å². The highest BCUT2D eigenvalue weighted by molar-refractivity contribution is 7.26. The van der Waals surface area contributed by atoms with Gasteiger partial charge >= 0.3 is 0 Å². The minimum atomic E-state index is 1.28. The highest BCUT2D eigenvalue weighted by Crippen LogP contribution is 2.45. The lowest BCUT2D eigenvalue weighted by Crippen LogP contribution is -1.85. The summed E-state index contributed by atoms with van der Waals surface area (Å²) in [5.41, 5.74) is 6.56. The molecule has 0 bridgehead atoms. The topological polar surface area (TPSA) is 0 Å². The van der Waals surface area contributed by atoms with Gasteiger partial charge < -0.3 is 0 Å². The van der Waals surface area contributed by atoms with E-state index in [0.717, 1.165) is 0 Å². The maximum atomic E-state index is 2.29. The number of fused-ring (bicyclic) bond motifs is 3. The summed E-state index contributed by atoms with van der Waals surface area (Å²) in [5, 5.41) is 2.72. The van der Waals surface area contributed by atoms with Crippen molar-refractivity contribution in [2.45, 2.75) is 6.92 Å². The normalized spacial score (nSPS) is 11.3. The Hall–Kier alpha value is -2.90. The van der Waals surface area contributed by atoms with Crippen molar-refractivity contribution in [2.24, 2.45) is 0 Å².